The van der Waals surface area contributed by atoms with Crippen LogP contribution in [0, 0.1) is 11.3 Å². The summed E-state index contributed by atoms with van der Waals surface area (Å²) in [5, 5.41) is 23.5. The molecule has 106 valence electrons. The van der Waals surface area contributed by atoms with Crippen LogP contribution in [0.4, 0.5) is 5.69 Å². The fraction of sp³-hybridized carbons (Fsp3) is 0.0588. The van der Waals surface area contributed by atoms with E-state index in [1.165, 1.54) is 0 Å². The first-order valence-electron chi connectivity index (χ1n) is 6.79. The lowest BCUT2D eigenvalue weighted by molar-refractivity contribution is -0.129. The summed E-state index contributed by atoms with van der Waals surface area (Å²) in [7, 11) is 0. The van der Waals surface area contributed by atoms with Crippen LogP contribution < -0.4 is 5.32 Å². The number of carbonyl (C=O) groups is 1. The van der Waals surface area contributed by atoms with E-state index in [1.807, 2.05) is 0 Å². The number of hydrogen-bond donors (Lipinski definition) is 3. The van der Waals surface area contributed by atoms with E-state index in [4.69, 9.17) is 5.26 Å². The number of nitrogens with one attached hydrogen (secondary N) is 2. The third kappa shape index (κ3) is 1.47. The van der Waals surface area contributed by atoms with E-state index >= 15 is 0 Å². The van der Waals surface area contributed by atoms with Crippen molar-refractivity contribution >= 4 is 22.5 Å². The molecule has 1 unspecified atom stereocenters. The first-order valence-corrected chi connectivity index (χ1v) is 6.79. The van der Waals surface area contributed by atoms with Gasteiger partial charge in [0.2, 0.25) is 0 Å². The molecule has 1 aromatic heterocycles. The van der Waals surface area contributed by atoms with E-state index < -0.39 is 11.5 Å². The molecule has 4 rings (SSSR count). The second-order valence-corrected chi connectivity index (χ2v) is 5.28. The van der Waals surface area contributed by atoms with Crippen LogP contribution in [0.3, 0.4) is 0 Å². The second kappa shape index (κ2) is 4.20. The Balaban J connectivity index is 2.03. The Morgan fingerprint density at radius 3 is 2.77 bits per heavy atom. The molecule has 0 saturated heterocycles. The summed E-state index contributed by atoms with van der Waals surface area (Å²) in [6.45, 7) is 0. The van der Waals surface area contributed by atoms with E-state index in [-0.39, 0.29) is 0 Å². The number of H-pyrrole nitrogens is 1. The average molecular weight is 289 g/mol. The molecule has 2 heterocycles. The molecule has 1 amide bonds. The Hall–Kier alpha value is -3.10. The molecule has 5 nitrogen and oxygen atoms in total. The zero-order valence-electron chi connectivity index (χ0n) is 11.4. The molecule has 0 spiro atoms. The number of fused-ring (bicyclic) bond motifs is 2. The molecule has 1 atom stereocenters. The fourth-order valence-electron chi connectivity index (χ4n) is 3.00. The lowest BCUT2D eigenvalue weighted by Crippen LogP contribution is -2.35. The van der Waals surface area contributed by atoms with E-state index in [0.717, 1.165) is 5.52 Å². The van der Waals surface area contributed by atoms with Gasteiger partial charge >= 0.3 is 0 Å². The zero-order chi connectivity index (χ0) is 15.3. The van der Waals surface area contributed by atoms with Gasteiger partial charge in [0.15, 0.2) is 5.60 Å². The van der Waals surface area contributed by atoms with Crippen molar-refractivity contribution < 1.29 is 9.90 Å². The monoisotopic (exact) mass is 289 g/mol. The van der Waals surface area contributed by atoms with Crippen molar-refractivity contribution in [3.8, 4) is 6.07 Å². The Labute approximate surface area is 125 Å². The SMILES string of the molecule is N#Cc1ccc2[nH]cc(C3(O)C(=O)Nc4ccccc43)c2c1. The smallest absolute Gasteiger partial charge is 0.265 e. The predicted molar refractivity (Wildman–Crippen MR) is 81.1 cm³/mol. The summed E-state index contributed by atoms with van der Waals surface area (Å²) in [5.74, 6) is -0.489. The highest BCUT2D eigenvalue weighted by molar-refractivity contribution is 6.09. The molecule has 5 heteroatoms. The van der Waals surface area contributed by atoms with E-state index in [0.29, 0.717) is 27.8 Å². The molecule has 0 fully saturated rings. The number of nitrogens with zero attached hydrogens (tertiary/aromatic N) is 1. The third-order valence-electron chi connectivity index (χ3n) is 4.09. The number of aromatic nitrogens is 1. The maximum absolute atomic E-state index is 12.4. The van der Waals surface area contributed by atoms with Crippen LogP contribution in [0.15, 0.2) is 48.7 Å². The minimum absolute atomic E-state index is 0.446. The zero-order valence-corrected chi connectivity index (χ0v) is 11.4. The normalized spacial score (nSPS) is 19.7. The third-order valence-corrected chi connectivity index (χ3v) is 4.09. The summed E-state index contributed by atoms with van der Waals surface area (Å²) in [6.07, 6.45) is 1.62. The lowest BCUT2D eigenvalue weighted by atomic mass is 9.87. The van der Waals surface area contributed by atoms with Crippen molar-refractivity contribution in [2.45, 2.75) is 5.60 Å². The topological polar surface area (TPSA) is 88.9 Å². The molecule has 1 aliphatic rings. The maximum Gasteiger partial charge on any atom is 0.265 e. The van der Waals surface area contributed by atoms with Gasteiger partial charge in [0.1, 0.15) is 0 Å². The first-order chi connectivity index (χ1) is 10.6. The Morgan fingerprint density at radius 2 is 1.95 bits per heavy atom. The number of rotatable bonds is 1. The van der Waals surface area contributed by atoms with Gasteiger partial charge in [0.05, 0.1) is 11.6 Å². The fourth-order valence-corrected chi connectivity index (χ4v) is 3.00. The highest BCUT2D eigenvalue weighted by Gasteiger charge is 2.47. The van der Waals surface area contributed by atoms with Crippen LogP contribution in [0.1, 0.15) is 16.7 Å². The number of aromatic amines is 1. The lowest BCUT2D eigenvalue weighted by Gasteiger charge is -2.20. The maximum atomic E-state index is 12.4. The first kappa shape index (κ1) is 12.6. The van der Waals surface area contributed by atoms with Gasteiger partial charge in [0, 0.05) is 33.9 Å². The summed E-state index contributed by atoms with van der Waals surface area (Å²) < 4.78 is 0. The van der Waals surface area contributed by atoms with Gasteiger partial charge in [-0.1, -0.05) is 18.2 Å². The van der Waals surface area contributed by atoms with Gasteiger partial charge in [-0.2, -0.15) is 5.26 Å². The summed E-state index contributed by atoms with van der Waals surface area (Å²) in [6, 6.07) is 14.3. The van der Waals surface area contributed by atoms with Crippen molar-refractivity contribution in [3.05, 3.63) is 65.4 Å². The molecule has 0 radical (unpaired) electrons. The van der Waals surface area contributed by atoms with Gasteiger partial charge in [-0.3, -0.25) is 4.79 Å². The second-order valence-electron chi connectivity index (χ2n) is 5.28. The van der Waals surface area contributed by atoms with Crippen molar-refractivity contribution in [2.75, 3.05) is 5.32 Å². The average Bonchev–Trinajstić information content (AvgIpc) is 3.07. The highest BCUT2D eigenvalue weighted by Crippen LogP contribution is 2.43. The number of aliphatic hydroxyl groups is 1. The van der Waals surface area contributed by atoms with Crippen LogP contribution in [0.25, 0.3) is 10.9 Å². The molecule has 0 saturated carbocycles. The van der Waals surface area contributed by atoms with Gasteiger partial charge in [-0.15, -0.1) is 0 Å². The quantitative estimate of drug-likeness (QED) is 0.641. The van der Waals surface area contributed by atoms with Crippen molar-refractivity contribution in [3.63, 3.8) is 0 Å². The molecule has 1 aliphatic heterocycles. The molecular weight excluding hydrogens is 278 g/mol. The van der Waals surface area contributed by atoms with Crippen molar-refractivity contribution in [2.24, 2.45) is 0 Å². The van der Waals surface area contributed by atoms with Crippen LogP contribution in [0.2, 0.25) is 0 Å². The number of para-hydroxylation sites is 1. The molecule has 3 aromatic rings. The standard InChI is InChI=1S/C17H11N3O2/c18-8-10-5-6-14-11(7-10)13(9-19-14)17(22)12-3-1-2-4-15(12)20-16(17)21/h1-7,9,19,22H,(H,20,21). The summed E-state index contributed by atoms with van der Waals surface area (Å²) in [4.78, 5) is 15.5. The van der Waals surface area contributed by atoms with Crippen LogP contribution in [-0.2, 0) is 10.4 Å². The van der Waals surface area contributed by atoms with Crippen LogP contribution >= 0.6 is 0 Å². The van der Waals surface area contributed by atoms with Crippen LogP contribution in [-0.4, -0.2) is 16.0 Å². The Morgan fingerprint density at radius 1 is 1.14 bits per heavy atom. The molecule has 0 bridgehead atoms. The Bertz CT molecular complexity index is 967. The number of hydrogen-bond acceptors (Lipinski definition) is 3. The summed E-state index contributed by atoms with van der Waals surface area (Å²) in [5.41, 5.74) is 1.04. The molecular formula is C17H11N3O2. The minimum atomic E-state index is -1.76. The summed E-state index contributed by atoms with van der Waals surface area (Å²) >= 11 is 0. The van der Waals surface area contributed by atoms with E-state index in [2.05, 4.69) is 16.4 Å². The number of benzene rings is 2. The van der Waals surface area contributed by atoms with E-state index in [1.54, 1.807) is 48.7 Å². The number of anilines is 1. The Kier molecular flexibility index (Phi) is 2.41. The van der Waals surface area contributed by atoms with Gasteiger partial charge in [-0.05, 0) is 24.3 Å². The molecule has 22 heavy (non-hydrogen) atoms. The van der Waals surface area contributed by atoms with Crippen molar-refractivity contribution in [1.82, 2.24) is 4.98 Å². The number of carbonyl (C=O) groups excluding carboxylic acids is 1. The predicted octanol–water partition coefficient (Wildman–Crippen LogP) is 2.23. The minimum Gasteiger partial charge on any atom is -0.372 e. The highest BCUT2D eigenvalue weighted by atomic mass is 16.3. The number of nitriles is 1. The van der Waals surface area contributed by atoms with Gasteiger partial charge < -0.3 is 15.4 Å². The van der Waals surface area contributed by atoms with Gasteiger partial charge in [-0.25, -0.2) is 0 Å². The van der Waals surface area contributed by atoms with Gasteiger partial charge in [0.25, 0.3) is 5.91 Å². The molecule has 0 aliphatic carbocycles. The molecule has 2 aromatic carbocycles. The van der Waals surface area contributed by atoms with Crippen LogP contribution in [0.5, 0.6) is 0 Å². The largest absolute Gasteiger partial charge is 0.372 e. The van der Waals surface area contributed by atoms with E-state index in [9.17, 15) is 9.90 Å². The van der Waals surface area contributed by atoms with Crippen molar-refractivity contribution in [1.29, 1.82) is 5.26 Å². The number of amides is 1. The molecule has 3 N–H and O–H groups in total.